The number of benzene rings is 2. The molecule has 0 atom stereocenters. The van der Waals surface area contributed by atoms with E-state index in [1.807, 2.05) is 0 Å². The lowest BCUT2D eigenvalue weighted by atomic mass is 9.92. The van der Waals surface area contributed by atoms with Crippen molar-refractivity contribution in [3.63, 3.8) is 0 Å². The summed E-state index contributed by atoms with van der Waals surface area (Å²) in [5.41, 5.74) is -2.16. The van der Waals surface area contributed by atoms with Crippen molar-refractivity contribution >= 4 is 0 Å². The van der Waals surface area contributed by atoms with Crippen LogP contribution in [-0.2, 0) is 29.9 Å². The van der Waals surface area contributed by atoms with Crippen molar-refractivity contribution in [2.45, 2.75) is 64.1 Å². The van der Waals surface area contributed by atoms with Crippen LogP contribution in [0.3, 0.4) is 0 Å². The number of ether oxygens (including phenoxy) is 1. The quantitative estimate of drug-likeness (QED) is 0.455. The Bertz CT molecular complexity index is 764. The lowest BCUT2D eigenvalue weighted by Gasteiger charge is -2.36. The van der Waals surface area contributed by atoms with Crippen LogP contribution < -0.4 is 0 Å². The van der Waals surface area contributed by atoms with Crippen LogP contribution in [0.15, 0.2) is 48.5 Å². The third-order valence-electron chi connectivity index (χ3n) is 4.32. The van der Waals surface area contributed by atoms with E-state index in [9.17, 15) is 26.3 Å². The van der Waals surface area contributed by atoms with Crippen molar-refractivity contribution in [3.05, 3.63) is 70.8 Å². The molecule has 160 valence electrons. The second-order valence-corrected chi connectivity index (χ2v) is 8.37. The molecule has 0 aliphatic heterocycles. The molecule has 0 aromatic heterocycles. The van der Waals surface area contributed by atoms with Crippen LogP contribution in [0.5, 0.6) is 0 Å². The average molecular weight is 418 g/mol. The fraction of sp³-hybridized carbons (Fsp3) is 0.455. The molecule has 2 aromatic rings. The van der Waals surface area contributed by atoms with Crippen LogP contribution >= 0.6 is 0 Å². The Morgan fingerprint density at radius 2 is 0.966 bits per heavy atom. The summed E-state index contributed by atoms with van der Waals surface area (Å²) >= 11 is 0. The molecule has 0 radical (unpaired) electrons. The Balaban J connectivity index is 2.12. The zero-order valence-electron chi connectivity index (χ0n) is 16.7. The van der Waals surface area contributed by atoms with Gasteiger partial charge in [0.15, 0.2) is 0 Å². The fourth-order valence-electron chi connectivity index (χ4n) is 3.52. The first-order chi connectivity index (χ1) is 13.1. The zero-order valence-corrected chi connectivity index (χ0v) is 16.7. The molecule has 1 nitrogen and oxygen atoms in total. The standard InChI is InChI=1S/C22H24F6O/c1-19(2,13-15-7-5-9-17(11-15)21(23,24)25)29-20(3,4)14-16-8-6-10-18(12-16)22(26,27)28/h5-12H,13-14H2,1-4H3. The number of rotatable bonds is 6. The summed E-state index contributed by atoms with van der Waals surface area (Å²) in [6.07, 6.45) is -8.40. The molecule has 0 saturated carbocycles. The molecule has 2 aromatic carbocycles. The Labute approximate surface area is 166 Å². The van der Waals surface area contributed by atoms with Gasteiger partial charge in [-0.1, -0.05) is 36.4 Å². The summed E-state index contributed by atoms with van der Waals surface area (Å²) in [6.45, 7) is 7.00. The minimum atomic E-state index is -4.43. The van der Waals surface area contributed by atoms with E-state index in [1.165, 1.54) is 12.1 Å². The van der Waals surface area contributed by atoms with E-state index >= 15 is 0 Å². The summed E-state index contributed by atoms with van der Waals surface area (Å²) in [7, 11) is 0. The lowest BCUT2D eigenvalue weighted by molar-refractivity contribution is -0.138. The maximum absolute atomic E-state index is 12.9. The molecular weight excluding hydrogens is 394 g/mol. The molecular formula is C22H24F6O. The van der Waals surface area contributed by atoms with E-state index < -0.39 is 34.7 Å². The number of hydrogen-bond acceptors (Lipinski definition) is 1. The average Bonchev–Trinajstić information content (AvgIpc) is 2.51. The highest BCUT2D eigenvalue weighted by molar-refractivity contribution is 5.28. The van der Waals surface area contributed by atoms with Gasteiger partial charge in [-0.15, -0.1) is 0 Å². The molecule has 0 amide bonds. The van der Waals surface area contributed by atoms with Gasteiger partial charge in [-0.25, -0.2) is 0 Å². The molecule has 0 fully saturated rings. The van der Waals surface area contributed by atoms with Gasteiger partial charge in [-0.3, -0.25) is 0 Å². The summed E-state index contributed by atoms with van der Waals surface area (Å²) in [6, 6.07) is 10.1. The predicted molar refractivity (Wildman–Crippen MR) is 99.5 cm³/mol. The molecule has 29 heavy (non-hydrogen) atoms. The second kappa shape index (κ2) is 8.01. The molecule has 2 rings (SSSR count). The summed E-state index contributed by atoms with van der Waals surface area (Å²) in [4.78, 5) is 0. The second-order valence-electron chi connectivity index (χ2n) is 8.37. The van der Waals surface area contributed by atoms with Gasteiger partial charge in [-0.2, -0.15) is 26.3 Å². The highest BCUT2D eigenvalue weighted by Gasteiger charge is 2.34. The van der Waals surface area contributed by atoms with Crippen molar-refractivity contribution in [2.24, 2.45) is 0 Å². The van der Waals surface area contributed by atoms with Crippen LogP contribution in [0, 0.1) is 0 Å². The number of hydrogen-bond donors (Lipinski definition) is 0. The summed E-state index contributed by atoms with van der Waals surface area (Å²) < 4.78 is 83.6. The van der Waals surface area contributed by atoms with E-state index in [1.54, 1.807) is 39.8 Å². The molecule has 7 heteroatoms. The molecule has 0 aliphatic rings. The maximum Gasteiger partial charge on any atom is 0.416 e. The van der Waals surface area contributed by atoms with Crippen LogP contribution in [0.1, 0.15) is 49.9 Å². The molecule has 0 aliphatic carbocycles. The predicted octanol–water partition coefficient (Wildman–Crippen LogP) is 7.08. The topological polar surface area (TPSA) is 9.23 Å². The highest BCUT2D eigenvalue weighted by atomic mass is 19.4. The first kappa shape index (κ1) is 23.3. The van der Waals surface area contributed by atoms with Crippen molar-refractivity contribution in [1.29, 1.82) is 0 Å². The first-order valence-corrected chi connectivity index (χ1v) is 9.10. The van der Waals surface area contributed by atoms with Gasteiger partial charge >= 0.3 is 12.4 Å². The summed E-state index contributed by atoms with van der Waals surface area (Å²) in [5.74, 6) is 0. The van der Waals surface area contributed by atoms with Crippen LogP contribution in [-0.4, -0.2) is 11.2 Å². The largest absolute Gasteiger partial charge is 0.416 e. The van der Waals surface area contributed by atoms with Crippen molar-refractivity contribution in [2.75, 3.05) is 0 Å². The maximum atomic E-state index is 12.9. The van der Waals surface area contributed by atoms with E-state index in [4.69, 9.17) is 4.74 Å². The van der Waals surface area contributed by atoms with E-state index in [0.29, 0.717) is 11.1 Å². The van der Waals surface area contributed by atoms with Crippen molar-refractivity contribution < 1.29 is 31.1 Å². The van der Waals surface area contributed by atoms with E-state index in [-0.39, 0.29) is 12.8 Å². The van der Waals surface area contributed by atoms with Gasteiger partial charge in [0.2, 0.25) is 0 Å². The minimum absolute atomic E-state index is 0.225. The number of alkyl halides is 6. The smallest absolute Gasteiger partial charge is 0.369 e. The Hall–Kier alpha value is -2.02. The van der Waals surface area contributed by atoms with Crippen LogP contribution in [0.4, 0.5) is 26.3 Å². The van der Waals surface area contributed by atoms with Crippen molar-refractivity contribution in [3.8, 4) is 0 Å². The van der Waals surface area contributed by atoms with Gasteiger partial charge in [0, 0.05) is 12.8 Å². The molecule has 0 unspecified atom stereocenters. The molecule has 0 spiro atoms. The third kappa shape index (κ3) is 7.07. The van der Waals surface area contributed by atoms with Gasteiger partial charge in [0.05, 0.1) is 22.3 Å². The van der Waals surface area contributed by atoms with Gasteiger partial charge in [0.1, 0.15) is 0 Å². The normalized spacial score (nSPS) is 13.6. The zero-order chi connectivity index (χ0) is 22.1. The Morgan fingerprint density at radius 1 is 0.621 bits per heavy atom. The van der Waals surface area contributed by atoms with E-state index in [0.717, 1.165) is 24.3 Å². The van der Waals surface area contributed by atoms with Gasteiger partial charge in [0.25, 0.3) is 0 Å². The van der Waals surface area contributed by atoms with Gasteiger partial charge < -0.3 is 4.74 Å². The molecule has 0 heterocycles. The van der Waals surface area contributed by atoms with Crippen LogP contribution in [0.25, 0.3) is 0 Å². The van der Waals surface area contributed by atoms with Gasteiger partial charge in [-0.05, 0) is 51.0 Å². The Morgan fingerprint density at radius 3 is 1.28 bits per heavy atom. The lowest BCUT2D eigenvalue weighted by Crippen LogP contribution is -2.40. The SMILES string of the molecule is CC(C)(Cc1cccc(C(F)(F)F)c1)OC(C)(C)Cc1cccc(C(F)(F)F)c1. The monoisotopic (exact) mass is 418 g/mol. The summed E-state index contributed by atoms with van der Waals surface area (Å²) in [5, 5.41) is 0. The fourth-order valence-corrected chi connectivity index (χ4v) is 3.52. The molecule has 0 bridgehead atoms. The molecule has 0 N–H and O–H groups in total. The third-order valence-corrected chi connectivity index (χ3v) is 4.32. The number of halogens is 6. The highest BCUT2D eigenvalue weighted by Crippen LogP contribution is 2.33. The van der Waals surface area contributed by atoms with E-state index in [2.05, 4.69) is 0 Å². The van der Waals surface area contributed by atoms with Crippen molar-refractivity contribution in [1.82, 2.24) is 0 Å². The first-order valence-electron chi connectivity index (χ1n) is 9.10. The van der Waals surface area contributed by atoms with Crippen LogP contribution in [0.2, 0.25) is 0 Å². The minimum Gasteiger partial charge on any atom is -0.369 e. The molecule has 0 saturated heterocycles. The Kier molecular flexibility index (Phi) is 6.43.